The first-order valence-corrected chi connectivity index (χ1v) is 5.55. The van der Waals surface area contributed by atoms with E-state index < -0.39 is 11.4 Å². The van der Waals surface area contributed by atoms with E-state index in [1.807, 2.05) is 19.9 Å². The molecule has 1 atom stereocenters. The Morgan fingerprint density at radius 1 is 1.20 bits per heavy atom. The van der Waals surface area contributed by atoms with E-state index in [0.717, 1.165) is 12.8 Å². The molecule has 0 unspecified atom stereocenters. The van der Waals surface area contributed by atoms with Crippen molar-refractivity contribution in [3.63, 3.8) is 0 Å². The number of hydrogen-bond acceptors (Lipinski definition) is 4. The van der Waals surface area contributed by atoms with Crippen LogP contribution >= 0.6 is 0 Å². The van der Waals surface area contributed by atoms with E-state index in [9.17, 15) is 5.11 Å². The lowest BCUT2D eigenvalue weighted by molar-refractivity contribution is -0.315. The second-order valence-corrected chi connectivity index (χ2v) is 3.80. The third kappa shape index (κ3) is 2.15. The van der Waals surface area contributed by atoms with Crippen molar-refractivity contribution in [1.29, 1.82) is 5.26 Å². The van der Waals surface area contributed by atoms with E-state index in [2.05, 4.69) is 0 Å². The molecule has 0 heterocycles. The van der Waals surface area contributed by atoms with E-state index in [0.29, 0.717) is 26.1 Å². The molecule has 0 radical (unpaired) electrons. The Kier molecular flexibility index (Phi) is 4.09. The Hall–Kier alpha value is -0.630. The number of nitriles is 1. The molecule has 0 spiro atoms. The molecule has 1 N–H and O–H groups in total. The second-order valence-electron chi connectivity index (χ2n) is 3.80. The molecule has 0 aromatic heterocycles. The van der Waals surface area contributed by atoms with Crippen LogP contribution in [0.5, 0.6) is 0 Å². The minimum atomic E-state index is -1.50. The average Bonchev–Trinajstić information content (AvgIpc) is 2.23. The SMILES string of the molecule is CCOC1(OCC)CCCC[C@@]1(O)C#N. The van der Waals surface area contributed by atoms with Gasteiger partial charge in [-0.15, -0.1) is 0 Å². The topological polar surface area (TPSA) is 62.5 Å². The average molecular weight is 213 g/mol. The van der Waals surface area contributed by atoms with Gasteiger partial charge in [-0.1, -0.05) is 0 Å². The molecule has 1 saturated carbocycles. The smallest absolute Gasteiger partial charge is 0.211 e. The Bertz CT molecular complexity index is 237. The quantitative estimate of drug-likeness (QED) is 0.569. The van der Waals surface area contributed by atoms with Crippen molar-refractivity contribution < 1.29 is 14.6 Å². The molecule has 1 rings (SSSR count). The Morgan fingerprint density at radius 3 is 2.20 bits per heavy atom. The first-order chi connectivity index (χ1) is 7.14. The van der Waals surface area contributed by atoms with E-state index in [1.165, 1.54) is 0 Å². The normalized spacial score (nSPS) is 29.7. The minimum absolute atomic E-state index is 0.420. The van der Waals surface area contributed by atoms with Gasteiger partial charge in [0.2, 0.25) is 11.4 Å². The van der Waals surface area contributed by atoms with Crippen molar-refractivity contribution in [2.45, 2.75) is 50.9 Å². The molecule has 86 valence electrons. The van der Waals surface area contributed by atoms with Gasteiger partial charge in [-0.05, 0) is 33.1 Å². The van der Waals surface area contributed by atoms with Gasteiger partial charge in [0, 0.05) is 19.6 Å². The van der Waals surface area contributed by atoms with Gasteiger partial charge in [0.1, 0.15) is 6.07 Å². The van der Waals surface area contributed by atoms with Crippen LogP contribution in [0.25, 0.3) is 0 Å². The molecular weight excluding hydrogens is 194 g/mol. The van der Waals surface area contributed by atoms with Crippen LogP contribution in [0, 0.1) is 11.3 Å². The largest absolute Gasteiger partial charge is 0.371 e. The molecule has 4 heteroatoms. The van der Waals surface area contributed by atoms with Gasteiger partial charge >= 0.3 is 0 Å². The standard InChI is InChI=1S/C11H19NO3/c1-3-14-11(15-4-2)8-6-5-7-10(11,13)9-12/h13H,3-8H2,1-2H3/t10-/m1/s1. The number of nitrogens with zero attached hydrogens (tertiary/aromatic N) is 1. The lowest BCUT2D eigenvalue weighted by Crippen LogP contribution is -2.59. The van der Waals surface area contributed by atoms with Gasteiger partial charge in [0.05, 0.1) is 0 Å². The minimum Gasteiger partial charge on any atom is -0.371 e. The summed E-state index contributed by atoms with van der Waals surface area (Å²) in [5.41, 5.74) is -1.50. The summed E-state index contributed by atoms with van der Waals surface area (Å²) in [6.07, 6.45) is 2.76. The highest BCUT2D eigenvalue weighted by Crippen LogP contribution is 2.40. The zero-order valence-electron chi connectivity index (χ0n) is 9.45. The van der Waals surface area contributed by atoms with Crippen molar-refractivity contribution in [2.75, 3.05) is 13.2 Å². The maximum absolute atomic E-state index is 10.2. The Labute approximate surface area is 90.8 Å². The zero-order valence-corrected chi connectivity index (χ0v) is 9.45. The lowest BCUT2D eigenvalue weighted by Gasteiger charge is -2.45. The fraction of sp³-hybridized carbons (Fsp3) is 0.909. The predicted molar refractivity (Wildman–Crippen MR) is 55.0 cm³/mol. The number of ether oxygens (including phenoxy) is 2. The summed E-state index contributed by atoms with van der Waals surface area (Å²) in [5.74, 6) is -1.12. The molecule has 0 aromatic carbocycles. The van der Waals surface area contributed by atoms with Crippen LogP contribution in [0.2, 0.25) is 0 Å². The molecule has 1 aliphatic rings. The van der Waals surface area contributed by atoms with E-state index in [1.54, 1.807) is 0 Å². The van der Waals surface area contributed by atoms with Gasteiger partial charge < -0.3 is 14.6 Å². The molecule has 15 heavy (non-hydrogen) atoms. The molecular formula is C11H19NO3. The van der Waals surface area contributed by atoms with Crippen LogP contribution in [-0.2, 0) is 9.47 Å². The fourth-order valence-corrected chi connectivity index (χ4v) is 2.17. The molecule has 0 aliphatic heterocycles. The lowest BCUT2D eigenvalue weighted by atomic mass is 9.80. The van der Waals surface area contributed by atoms with Crippen molar-refractivity contribution in [1.82, 2.24) is 0 Å². The second kappa shape index (κ2) is 4.93. The van der Waals surface area contributed by atoms with Crippen LogP contribution in [0.3, 0.4) is 0 Å². The maximum Gasteiger partial charge on any atom is 0.211 e. The maximum atomic E-state index is 10.2. The summed E-state index contributed by atoms with van der Waals surface area (Å²) in [5, 5.41) is 19.3. The van der Waals surface area contributed by atoms with E-state index in [-0.39, 0.29) is 0 Å². The fourth-order valence-electron chi connectivity index (χ4n) is 2.17. The molecule has 1 fully saturated rings. The summed E-state index contributed by atoms with van der Waals surface area (Å²) in [7, 11) is 0. The van der Waals surface area contributed by atoms with Crippen LogP contribution in [-0.4, -0.2) is 29.7 Å². The number of hydrogen-bond donors (Lipinski definition) is 1. The molecule has 0 saturated heterocycles. The third-order valence-electron chi connectivity index (χ3n) is 2.86. The van der Waals surface area contributed by atoms with Gasteiger partial charge in [-0.2, -0.15) is 5.26 Å². The van der Waals surface area contributed by atoms with Crippen molar-refractivity contribution in [3.8, 4) is 6.07 Å². The van der Waals surface area contributed by atoms with Gasteiger partial charge in [0.15, 0.2) is 0 Å². The summed E-state index contributed by atoms with van der Waals surface area (Å²) >= 11 is 0. The number of aliphatic hydroxyl groups is 1. The molecule has 0 aromatic rings. The summed E-state index contributed by atoms with van der Waals surface area (Å²) in [6, 6.07) is 1.95. The van der Waals surface area contributed by atoms with Crippen molar-refractivity contribution >= 4 is 0 Å². The molecule has 0 amide bonds. The van der Waals surface area contributed by atoms with Crippen LogP contribution < -0.4 is 0 Å². The molecule has 1 aliphatic carbocycles. The van der Waals surface area contributed by atoms with Crippen molar-refractivity contribution in [3.05, 3.63) is 0 Å². The summed E-state index contributed by atoms with van der Waals surface area (Å²) < 4.78 is 11.0. The van der Waals surface area contributed by atoms with Crippen LogP contribution in [0.1, 0.15) is 39.5 Å². The summed E-state index contributed by atoms with van der Waals surface area (Å²) in [6.45, 7) is 4.55. The Morgan fingerprint density at radius 2 is 1.73 bits per heavy atom. The number of rotatable bonds is 4. The van der Waals surface area contributed by atoms with E-state index >= 15 is 0 Å². The molecule has 0 bridgehead atoms. The van der Waals surface area contributed by atoms with Gasteiger partial charge in [0.25, 0.3) is 0 Å². The van der Waals surface area contributed by atoms with Crippen LogP contribution in [0.4, 0.5) is 0 Å². The highest BCUT2D eigenvalue weighted by atomic mass is 16.7. The van der Waals surface area contributed by atoms with Gasteiger partial charge in [-0.3, -0.25) is 0 Å². The van der Waals surface area contributed by atoms with Gasteiger partial charge in [-0.25, -0.2) is 0 Å². The van der Waals surface area contributed by atoms with Crippen molar-refractivity contribution in [2.24, 2.45) is 0 Å². The monoisotopic (exact) mass is 213 g/mol. The Balaban J connectivity index is 2.94. The summed E-state index contributed by atoms with van der Waals surface area (Å²) in [4.78, 5) is 0. The van der Waals surface area contributed by atoms with E-state index in [4.69, 9.17) is 14.7 Å². The zero-order chi connectivity index (χ0) is 11.4. The first kappa shape index (κ1) is 12.4. The predicted octanol–water partition coefficient (Wildman–Crippen LogP) is 1.58. The highest BCUT2D eigenvalue weighted by Gasteiger charge is 2.54. The van der Waals surface area contributed by atoms with Crippen LogP contribution in [0.15, 0.2) is 0 Å². The third-order valence-corrected chi connectivity index (χ3v) is 2.86. The highest BCUT2D eigenvalue weighted by molar-refractivity contribution is 5.12. The first-order valence-electron chi connectivity index (χ1n) is 5.55. The molecule has 4 nitrogen and oxygen atoms in total.